The van der Waals surface area contributed by atoms with E-state index >= 15 is 0 Å². The fraction of sp³-hybridized carbons (Fsp3) is 0.389. The van der Waals surface area contributed by atoms with E-state index in [1.807, 2.05) is 0 Å². The van der Waals surface area contributed by atoms with E-state index < -0.39 is 0 Å². The van der Waals surface area contributed by atoms with E-state index in [0.29, 0.717) is 10.6 Å². The topological polar surface area (TPSA) is 41.6 Å². The number of halogens is 1. The van der Waals surface area contributed by atoms with Crippen LogP contribution < -0.4 is 5.32 Å². The van der Waals surface area contributed by atoms with Crippen molar-refractivity contribution in [3.8, 4) is 0 Å². The first kappa shape index (κ1) is 17.4. The number of amides is 1. The van der Waals surface area contributed by atoms with Gasteiger partial charge in [-0.3, -0.25) is 9.69 Å². The van der Waals surface area contributed by atoms with E-state index in [1.165, 1.54) is 4.88 Å². The molecule has 2 unspecified atom stereocenters. The van der Waals surface area contributed by atoms with Crippen molar-refractivity contribution in [2.45, 2.75) is 19.0 Å². The van der Waals surface area contributed by atoms with E-state index in [0.717, 1.165) is 26.3 Å². The van der Waals surface area contributed by atoms with Gasteiger partial charge in [0.15, 0.2) is 0 Å². The van der Waals surface area contributed by atoms with Gasteiger partial charge in [0.05, 0.1) is 19.3 Å². The van der Waals surface area contributed by atoms with E-state index in [1.54, 1.807) is 35.6 Å². The van der Waals surface area contributed by atoms with Crippen LogP contribution in [-0.4, -0.2) is 43.2 Å². The Bertz CT molecular complexity index is 671. The number of nitrogens with zero attached hydrogens (tertiary/aromatic N) is 1. The van der Waals surface area contributed by atoms with Gasteiger partial charge in [-0.1, -0.05) is 23.7 Å². The highest BCUT2D eigenvalue weighted by Crippen LogP contribution is 2.29. The zero-order valence-electron chi connectivity index (χ0n) is 13.6. The molecule has 2 heterocycles. The van der Waals surface area contributed by atoms with Crippen molar-refractivity contribution in [2.24, 2.45) is 0 Å². The lowest BCUT2D eigenvalue weighted by Gasteiger charge is -2.37. The highest BCUT2D eigenvalue weighted by Gasteiger charge is 2.29. The number of rotatable bonds is 5. The summed E-state index contributed by atoms with van der Waals surface area (Å²) in [4.78, 5) is 16.2. The maximum atomic E-state index is 12.6. The molecule has 1 aliphatic rings. The third-order valence-corrected chi connectivity index (χ3v) is 5.37. The number of ether oxygens (including phenoxy) is 1. The van der Waals surface area contributed by atoms with Crippen LogP contribution in [0.3, 0.4) is 0 Å². The lowest BCUT2D eigenvalue weighted by molar-refractivity contribution is 0.00969. The number of morpholine rings is 1. The second-order valence-corrected chi connectivity index (χ2v) is 7.30. The molecule has 2 aromatic rings. The number of benzene rings is 1. The Morgan fingerprint density at radius 2 is 2.08 bits per heavy atom. The molecule has 1 aromatic heterocycles. The lowest BCUT2D eigenvalue weighted by Crippen LogP contribution is -2.48. The minimum atomic E-state index is -0.0974. The van der Waals surface area contributed by atoms with Gasteiger partial charge in [0.2, 0.25) is 0 Å². The molecule has 1 aliphatic heterocycles. The second kappa shape index (κ2) is 8.12. The van der Waals surface area contributed by atoms with Gasteiger partial charge in [0.25, 0.3) is 5.91 Å². The summed E-state index contributed by atoms with van der Waals surface area (Å²) in [5, 5.41) is 5.78. The average Bonchev–Trinajstić information content (AvgIpc) is 3.10. The van der Waals surface area contributed by atoms with Crippen LogP contribution >= 0.6 is 22.9 Å². The van der Waals surface area contributed by atoms with Gasteiger partial charge in [-0.05, 0) is 36.6 Å². The Balaban J connectivity index is 1.75. The quantitative estimate of drug-likeness (QED) is 0.881. The van der Waals surface area contributed by atoms with Crippen molar-refractivity contribution < 1.29 is 9.53 Å². The van der Waals surface area contributed by atoms with Crippen molar-refractivity contribution in [2.75, 3.05) is 26.3 Å². The maximum absolute atomic E-state index is 12.6. The molecular formula is C18H21ClN2O2S. The van der Waals surface area contributed by atoms with E-state index in [-0.39, 0.29) is 18.0 Å². The molecule has 1 amide bonds. The standard InChI is InChI=1S/C18H21ClN2O2S/c1-13(20-18(22)14-4-2-5-15(19)12-14)17(16-6-3-11-24-16)21-7-9-23-10-8-21/h2-6,11-13,17H,7-10H2,1H3,(H,20,22). The van der Waals surface area contributed by atoms with E-state index in [2.05, 4.69) is 34.7 Å². The van der Waals surface area contributed by atoms with Crippen LogP contribution in [0.1, 0.15) is 28.2 Å². The lowest BCUT2D eigenvalue weighted by atomic mass is 10.0. The smallest absolute Gasteiger partial charge is 0.251 e. The van der Waals surface area contributed by atoms with Crippen LogP contribution in [0.4, 0.5) is 0 Å². The number of thiophene rings is 1. The highest BCUT2D eigenvalue weighted by atomic mass is 35.5. The summed E-state index contributed by atoms with van der Waals surface area (Å²) < 4.78 is 5.47. The normalized spacial score (nSPS) is 18.1. The molecule has 0 bridgehead atoms. The van der Waals surface area contributed by atoms with Crippen LogP contribution in [0, 0.1) is 0 Å². The van der Waals surface area contributed by atoms with Crippen LogP contribution in [-0.2, 0) is 4.74 Å². The molecule has 24 heavy (non-hydrogen) atoms. The van der Waals surface area contributed by atoms with E-state index in [4.69, 9.17) is 16.3 Å². The largest absolute Gasteiger partial charge is 0.379 e. The van der Waals surface area contributed by atoms with Gasteiger partial charge in [0.1, 0.15) is 0 Å². The molecular weight excluding hydrogens is 344 g/mol. The van der Waals surface area contributed by atoms with Gasteiger partial charge < -0.3 is 10.1 Å². The summed E-state index contributed by atoms with van der Waals surface area (Å²) in [6, 6.07) is 11.3. The van der Waals surface area contributed by atoms with Crippen LogP contribution in [0.25, 0.3) is 0 Å². The van der Waals surface area contributed by atoms with Crippen molar-refractivity contribution in [1.82, 2.24) is 10.2 Å². The zero-order chi connectivity index (χ0) is 16.9. The monoisotopic (exact) mass is 364 g/mol. The first-order chi connectivity index (χ1) is 11.6. The fourth-order valence-corrected chi connectivity index (χ4v) is 4.21. The molecule has 0 aliphatic carbocycles. The Kier molecular flexibility index (Phi) is 5.89. The number of nitrogens with one attached hydrogen (secondary N) is 1. The second-order valence-electron chi connectivity index (χ2n) is 5.88. The molecule has 128 valence electrons. The fourth-order valence-electron chi connectivity index (χ4n) is 3.06. The van der Waals surface area contributed by atoms with Gasteiger partial charge in [0, 0.05) is 34.6 Å². The van der Waals surface area contributed by atoms with Crippen LogP contribution in [0.15, 0.2) is 41.8 Å². The molecule has 6 heteroatoms. The number of carbonyl (C=O) groups is 1. The number of hydrogen-bond donors (Lipinski definition) is 1. The average molecular weight is 365 g/mol. The molecule has 1 N–H and O–H groups in total. The molecule has 2 atom stereocenters. The molecule has 1 saturated heterocycles. The Labute approximate surface area is 151 Å². The maximum Gasteiger partial charge on any atom is 0.251 e. The first-order valence-electron chi connectivity index (χ1n) is 8.07. The summed E-state index contributed by atoms with van der Waals surface area (Å²) in [6.45, 7) is 5.27. The van der Waals surface area contributed by atoms with Gasteiger partial charge in [-0.2, -0.15) is 0 Å². The van der Waals surface area contributed by atoms with Crippen molar-refractivity contribution >= 4 is 28.8 Å². The third-order valence-electron chi connectivity index (χ3n) is 4.19. The Morgan fingerprint density at radius 3 is 2.75 bits per heavy atom. The minimum absolute atomic E-state index is 0.0202. The number of carbonyl (C=O) groups excluding carboxylic acids is 1. The molecule has 0 spiro atoms. The minimum Gasteiger partial charge on any atom is -0.379 e. The molecule has 4 nitrogen and oxygen atoms in total. The highest BCUT2D eigenvalue weighted by molar-refractivity contribution is 7.10. The predicted molar refractivity (Wildman–Crippen MR) is 97.8 cm³/mol. The third kappa shape index (κ3) is 4.16. The summed E-state index contributed by atoms with van der Waals surface area (Å²) in [6.07, 6.45) is 0. The number of hydrogen-bond acceptors (Lipinski definition) is 4. The molecule has 3 rings (SSSR count). The molecule has 1 fully saturated rings. The SMILES string of the molecule is CC(NC(=O)c1cccc(Cl)c1)C(c1cccs1)N1CCOCC1. The Hall–Kier alpha value is -1.40. The summed E-state index contributed by atoms with van der Waals surface area (Å²) in [5.74, 6) is -0.0974. The molecule has 1 aromatic carbocycles. The van der Waals surface area contributed by atoms with Gasteiger partial charge >= 0.3 is 0 Å². The molecule has 0 saturated carbocycles. The summed E-state index contributed by atoms with van der Waals surface area (Å²) in [5.41, 5.74) is 0.584. The van der Waals surface area contributed by atoms with E-state index in [9.17, 15) is 4.79 Å². The first-order valence-corrected chi connectivity index (χ1v) is 9.32. The summed E-state index contributed by atoms with van der Waals surface area (Å²) in [7, 11) is 0. The predicted octanol–water partition coefficient (Wildman–Crippen LogP) is 3.59. The van der Waals surface area contributed by atoms with Crippen LogP contribution in [0.5, 0.6) is 0 Å². The summed E-state index contributed by atoms with van der Waals surface area (Å²) >= 11 is 7.71. The van der Waals surface area contributed by atoms with Crippen molar-refractivity contribution in [1.29, 1.82) is 0 Å². The Morgan fingerprint density at radius 1 is 1.29 bits per heavy atom. The molecule has 0 radical (unpaired) electrons. The van der Waals surface area contributed by atoms with Crippen molar-refractivity contribution in [3.05, 3.63) is 57.2 Å². The van der Waals surface area contributed by atoms with Crippen molar-refractivity contribution in [3.63, 3.8) is 0 Å². The van der Waals surface area contributed by atoms with Gasteiger partial charge in [-0.25, -0.2) is 0 Å². The van der Waals surface area contributed by atoms with Gasteiger partial charge in [-0.15, -0.1) is 11.3 Å². The van der Waals surface area contributed by atoms with Crippen LogP contribution in [0.2, 0.25) is 5.02 Å². The zero-order valence-corrected chi connectivity index (χ0v) is 15.1.